The van der Waals surface area contributed by atoms with Crippen LogP contribution in [0.3, 0.4) is 0 Å². The normalized spacial score (nSPS) is 11.5. The smallest absolute Gasteiger partial charge is 0.305 e. The number of aromatic nitrogens is 1. The minimum atomic E-state index is -3.71. The summed E-state index contributed by atoms with van der Waals surface area (Å²) in [6.45, 7) is 1.72. The van der Waals surface area contributed by atoms with E-state index >= 15 is 0 Å². The topological polar surface area (TPSA) is 94.0 Å². The summed E-state index contributed by atoms with van der Waals surface area (Å²) in [5, 5.41) is 8.73. The number of nitrogens with zero attached hydrogens (tertiary/aromatic N) is 2. The molecule has 1 aromatic carbocycles. The zero-order valence-electron chi connectivity index (χ0n) is 11.5. The van der Waals surface area contributed by atoms with Gasteiger partial charge in [-0.1, -0.05) is 23.5 Å². The maximum absolute atomic E-state index is 12.4. The van der Waals surface area contributed by atoms with Gasteiger partial charge < -0.3 is 4.98 Å². The van der Waals surface area contributed by atoms with Gasteiger partial charge in [-0.2, -0.15) is 9.57 Å². The molecule has 1 aromatic heterocycles. The van der Waals surface area contributed by atoms with Crippen LogP contribution in [-0.4, -0.2) is 24.8 Å². The van der Waals surface area contributed by atoms with Crippen LogP contribution in [0.5, 0.6) is 0 Å². The minimum Gasteiger partial charge on any atom is -0.315 e. The van der Waals surface area contributed by atoms with E-state index in [1.165, 1.54) is 11.4 Å². The predicted octanol–water partition coefficient (Wildman–Crippen LogP) is 1.44. The summed E-state index contributed by atoms with van der Waals surface area (Å²) < 4.78 is 26.0. The van der Waals surface area contributed by atoms with Crippen LogP contribution >= 0.6 is 11.3 Å². The van der Waals surface area contributed by atoms with E-state index in [-0.39, 0.29) is 10.8 Å². The van der Waals surface area contributed by atoms with Crippen molar-refractivity contribution in [1.29, 1.82) is 5.26 Å². The molecule has 0 aliphatic carbocycles. The van der Waals surface area contributed by atoms with Crippen LogP contribution in [0.4, 0.5) is 0 Å². The fraction of sp³-hybridized carbons (Fsp3) is 0.231. The Kier molecular flexibility index (Phi) is 4.27. The van der Waals surface area contributed by atoms with Crippen molar-refractivity contribution in [3.8, 4) is 6.07 Å². The van der Waals surface area contributed by atoms with Gasteiger partial charge in [0.25, 0.3) is 10.0 Å². The number of hydrogen-bond acceptors (Lipinski definition) is 5. The summed E-state index contributed by atoms with van der Waals surface area (Å²) >= 11 is 0.682. The molecule has 0 aliphatic heterocycles. The van der Waals surface area contributed by atoms with Crippen LogP contribution in [0.2, 0.25) is 0 Å². The Labute approximate surface area is 126 Å². The largest absolute Gasteiger partial charge is 0.315 e. The lowest BCUT2D eigenvalue weighted by Crippen LogP contribution is -2.26. The Hall–Kier alpha value is -1.95. The van der Waals surface area contributed by atoms with Gasteiger partial charge in [-0.25, -0.2) is 8.42 Å². The van der Waals surface area contributed by atoms with Crippen molar-refractivity contribution in [3.63, 3.8) is 0 Å². The third-order valence-corrected chi connectivity index (χ3v) is 6.30. The van der Waals surface area contributed by atoms with E-state index in [0.29, 0.717) is 22.6 Å². The molecule has 6 nitrogen and oxygen atoms in total. The highest BCUT2D eigenvalue weighted by Crippen LogP contribution is 2.21. The first-order valence-corrected chi connectivity index (χ1v) is 8.25. The highest BCUT2D eigenvalue weighted by molar-refractivity contribution is 7.91. The molecule has 0 amide bonds. The summed E-state index contributed by atoms with van der Waals surface area (Å²) in [6.07, 6.45) is 0. The molecule has 1 N–H and O–H groups in total. The Balaban J connectivity index is 2.26. The van der Waals surface area contributed by atoms with Crippen LogP contribution in [-0.2, 0) is 16.6 Å². The van der Waals surface area contributed by atoms with Gasteiger partial charge in [-0.05, 0) is 24.6 Å². The van der Waals surface area contributed by atoms with Crippen molar-refractivity contribution >= 4 is 21.4 Å². The molecule has 2 rings (SSSR count). The van der Waals surface area contributed by atoms with E-state index in [9.17, 15) is 13.2 Å². The van der Waals surface area contributed by atoms with Crippen LogP contribution in [0, 0.1) is 18.3 Å². The second-order valence-corrected chi connectivity index (χ2v) is 7.72. The van der Waals surface area contributed by atoms with Gasteiger partial charge in [-0.3, -0.25) is 4.79 Å². The maximum Gasteiger partial charge on any atom is 0.305 e. The Morgan fingerprint density at radius 2 is 1.95 bits per heavy atom. The molecular formula is C13H13N3O3S2. The highest BCUT2D eigenvalue weighted by Gasteiger charge is 2.25. The Morgan fingerprint density at radius 3 is 2.43 bits per heavy atom. The fourth-order valence-corrected chi connectivity index (χ4v) is 4.45. The molecule has 0 spiro atoms. The molecule has 0 saturated heterocycles. The first kappa shape index (κ1) is 15.4. The molecule has 2 aromatic rings. The standard InChI is InChI=1S/C13H13N3O3S2/c1-9-12(20-13(17)15-9)21(18,19)16(2)8-11-5-3-10(7-14)4-6-11/h3-6H,8H2,1-2H3,(H,15,17). The highest BCUT2D eigenvalue weighted by atomic mass is 32.2. The molecular weight excluding hydrogens is 310 g/mol. The summed E-state index contributed by atoms with van der Waals surface area (Å²) in [4.78, 5) is 13.3. The molecule has 0 aliphatic rings. The van der Waals surface area contributed by atoms with Crippen LogP contribution in [0.15, 0.2) is 33.3 Å². The molecule has 1 heterocycles. The number of thiazole rings is 1. The number of sulfonamides is 1. The van der Waals surface area contributed by atoms with Gasteiger partial charge in [0.05, 0.1) is 11.6 Å². The molecule has 8 heteroatoms. The van der Waals surface area contributed by atoms with Gasteiger partial charge in [0.15, 0.2) is 4.21 Å². The van der Waals surface area contributed by atoms with Gasteiger partial charge in [-0.15, -0.1) is 0 Å². The molecule has 21 heavy (non-hydrogen) atoms. The van der Waals surface area contributed by atoms with Crippen molar-refractivity contribution < 1.29 is 8.42 Å². The number of nitriles is 1. The predicted molar refractivity (Wildman–Crippen MR) is 79.5 cm³/mol. The van der Waals surface area contributed by atoms with Gasteiger partial charge >= 0.3 is 4.87 Å². The minimum absolute atomic E-state index is 0.0312. The number of aromatic amines is 1. The number of rotatable bonds is 4. The Bertz CT molecular complexity index is 842. The summed E-state index contributed by atoms with van der Waals surface area (Å²) in [6, 6.07) is 8.68. The lowest BCUT2D eigenvalue weighted by molar-refractivity contribution is 0.468. The van der Waals surface area contributed by atoms with Crippen LogP contribution < -0.4 is 4.87 Å². The summed E-state index contributed by atoms with van der Waals surface area (Å²) in [5.41, 5.74) is 1.63. The third-order valence-electron chi connectivity index (χ3n) is 2.91. The fourth-order valence-electron chi connectivity index (χ4n) is 1.80. The second-order valence-electron chi connectivity index (χ2n) is 4.50. The van der Waals surface area contributed by atoms with Crippen molar-refractivity contribution in [2.75, 3.05) is 7.05 Å². The van der Waals surface area contributed by atoms with E-state index < -0.39 is 14.9 Å². The number of H-pyrrole nitrogens is 1. The lowest BCUT2D eigenvalue weighted by atomic mass is 10.1. The lowest BCUT2D eigenvalue weighted by Gasteiger charge is -2.16. The maximum atomic E-state index is 12.4. The van der Waals surface area contributed by atoms with E-state index in [0.717, 1.165) is 5.56 Å². The Morgan fingerprint density at radius 1 is 1.33 bits per heavy atom. The molecule has 0 bridgehead atoms. The average molecular weight is 323 g/mol. The SMILES string of the molecule is Cc1[nH]c(=O)sc1S(=O)(=O)N(C)Cc1ccc(C#N)cc1. The number of nitrogens with one attached hydrogen (secondary N) is 1. The van der Waals surface area contributed by atoms with E-state index in [4.69, 9.17) is 5.26 Å². The zero-order chi connectivity index (χ0) is 15.6. The first-order chi connectivity index (χ1) is 9.84. The molecule has 0 atom stereocenters. The first-order valence-electron chi connectivity index (χ1n) is 5.99. The average Bonchev–Trinajstić information content (AvgIpc) is 2.79. The van der Waals surface area contributed by atoms with Crippen molar-refractivity contribution in [2.24, 2.45) is 0 Å². The molecule has 0 saturated carbocycles. The quantitative estimate of drug-likeness (QED) is 0.921. The van der Waals surface area contributed by atoms with Crippen molar-refractivity contribution in [3.05, 3.63) is 50.8 Å². The van der Waals surface area contributed by atoms with E-state index in [1.807, 2.05) is 6.07 Å². The van der Waals surface area contributed by atoms with Gasteiger partial charge in [0.2, 0.25) is 0 Å². The van der Waals surface area contributed by atoms with Crippen LogP contribution in [0.25, 0.3) is 0 Å². The van der Waals surface area contributed by atoms with Crippen molar-refractivity contribution in [1.82, 2.24) is 9.29 Å². The zero-order valence-corrected chi connectivity index (χ0v) is 13.1. The van der Waals surface area contributed by atoms with Crippen LogP contribution in [0.1, 0.15) is 16.8 Å². The number of benzene rings is 1. The monoisotopic (exact) mass is 323 g/mol. The third kappa shape index (κ3) is 3.21. The van der Waals surface area contributed by atoms with Gasteiger partial charge in [0, 0.05) is 19.3 Å². The van der Waals surface area contributed by atoms with Crippen molar-refractivity contribution in [2.45, 2.75) is 17.7 Å². The summed E-state index contributed by atoms with van der Waals surface area (Å²) in [7, 11) is -2.25. The van der Waals surface area contributed by atoms with E-state index in [2.05, 4.69) is 4.98 Å². The van der Waals surface area contributed by atoms with E-state index in [1.54, 1.807) is 31.2 Å². The summed E-state index contributed by atoms with van der Waals surface area (Å²) in [5.74, 6) is 0. The second kappa shape index (κ2) is 5.81. The molecule has 0 radical (unpaired) electrons. The number of aryl methyl sites for hydroxylation is 1. The molecule has 0 fully saturated rings. The molecule has 110 valence electrons. The molecule has 0 unspecified atom stereocenters. The number of hydrogen-bond donors (Lipinski definition) is 1. The van der Waals surface area contributed by atoms with Gasteiger partial charge in [0.1, 0.15) is 0 Å².